The van der Waals surface area contributed by atoms with E-state index in [0.29, 0.717) is 0 Å². The van der Waals surface area contributed by atoms with Crippen LogP contribution in [-0.2, 0) is 6.54 Å². The van der Waals surface area contributed by atoms with E-state index in [-0.39, 0.29) is 12.4 Å². The van der Waals surface area contributed by atoms with Crippen molar-refractivity contribution in [3.63, 3.8) is 0 Å². The maximum Gasteiger partial charge on any atom is 0.138 e. The Hall–Kier alpha value is -0.250. The largest absolute Gasteiger partial charge is 0.491 e. The number of nitrogens with one attached hydrogen (secondary N) is 1. The number of hydrogen-bond donors (Lipinski definition) is 1. The second-order valence-corrected chi connectivity index (χ2v) is 5.43. The highest BCUT2D eigenvalue weighted by Gasteiger charge is 2.32. The van der Waals surface area contributed by atoms with Crippen LogP contribution in [0.15, 0.2) is 0 Å². The molecule has 0 bridgehead atoms. The summed E-state index contributed by atoms with van der Waals surface area (Å²) in [5.74, 6) is 2.04. The first-order valence-corrected chi connectivity index (χ1v) is 6.13. The molecule has 0 saturated heterocycles. The molecule has 1 saturated carbocycles. The molecule has 15 heavy (non-hydrogen) atoms. The molecule has 0 spiro atoms. The minimum Gasteiger partial charge on any atom is -0.491 e. The lowest BCUT2D eigenvalue weighted by Crippen LogP contribution is -2.16. The number of thiophene rings is 1. The van der Waals surface area contributed by atoms with Gasteiger partial charge < -0.3 is 10.1 Å². The van der Waals surface area contributed by atoms with Crippen LogP contribution in [0.3, 0.4) is 0 Å². The van der Waals surface area contributed by atoms with E-state index in [4.69, 9.17) is 4.74 Å². The van der Waals surface area contributed by atoms with Crippen molar-refractivity contribution in [1.82, 2.24) is 5.32 Å². The Balaban J connectivity index is 0.000000853. The van der Waals surface area contributed by atoms with Crippen LogP contribution in [0.5, 0.6) is 5.75 Å². The number of fused-ring (bicyclic) bond motifs is 1. The van der Waals surface area contributed by atoms with Gasteiger partial charge in [0.1, 0.15) is 12.4 Å². The summed E-state index contributed by atoms with van der Waals surface area (Å²) in [6, 6.07) is 0. The summed E-state index contributed by atoms with van der Waals surface area (Å²) in [5, 5.41) is 3.39. The highest BCUT2D eigenvalue weighted by atomic mass is 35.5. The lowest BCUT2D eigenvalue weighted by molar-refractivity contribution is 0.323. The molecule has 4 heteroatoms. The number of aryl methyl sites for hydroxylation is 1. The first kappa shape index (κ1) is 11.2. The zero-order valence-electron chi connectivity index (χ0n) is 8.84. The predicted molar refractivity (Wildman–Crippen MR) is 65.5 cm³/mol. The van der Waals surface area contributed by atoms with Crippen molar-refractivity contribution < 1.29 is 4.74 Å². The van der Waals surface area contributed by atoms with Crippen molar-refractivity contribution in [3.8, 4) is 5.75 Å². The number of halogens is 1. The zero-order chi connectivity index (χ0) is 9.54. The van der Waals surface area contributed by atoms with Gasteiger partial charge in [0, 0.05) is 23.5 Å². The fourth-order valence-electron chi connectivity index (χ4n) is 2.14. The van der Waals surface area contributed by atoms with Crippen molar-refractivity contribution >= 4 is 23.7 Å². The van der Waals surface area contributed by atoms with Crippen LogP contribution in [0.1, 0.15) is 34.1 Å². The summed E-state index contributed by atoms with van der Waals surface area (Å²) in [6.45, 7) is 5.03. The Kier molecular flexibility index (Phi) is 3.24. The third-order valence-electron chi connectivity index (χ3n) is 2.95. The molecule has 2 heterocycles. The molecule has 1 N–H and O–H groups in total. The van der Waals surface area contributed by atoms with Gasteiger partial charge in [0.15, 0.2) is 0 Å². The van der Waals surface area contributed by atoms with Crippen molar-refractivity contribution in [2.75, 3.05) is 13.2 Å². The molecule has 0 atom stereocenters. The summed E-state index contributed by atoms with van der Waals surface area (Å²) < 4.78 is 5.85. The van der Waals surface area contributed by atoms with Crippen LogP contribution >= 0.6 is 23.7 Å². The van der Waals surface area contributed by atoms with Crippen molar-refractivity contribution in [3.05, 3.63) is 15.3 Å². The first-order valence-electron chi connectivity index (χ1n) is 5.32. The normalized spacial score (nSPS) is 19.8. The van der Waals surface area contributed by atoms with Crippen molar-refractivity contribution in [2.45, 2.75) is 32.2 Å². The maximum atomic E-state index is 5.85. The molecule has 1 aliphatic heterocycles. The van der Waals surface area contributed by atoms with Crippen LogP contribution in [0, 0.1) is 6.92 Å². The molecule has 3 rings (SSSR count). The van der Waals surface area contributed by atoms with Gasteiger partial charge in [-0.25, -0.2) is 0 Å². The lowest BCUT2D eigenvalue weighted by atomic mass is 10.1. The maximum absolute atomic E-state index is 5.85. The zero-order valence-corrected chi connectivity index (χ0v) is 10.5. The van der Waals surface area contributed by atoms with E-state index in [1.807, 2.05) is 11.3 Å². The molecule has 0 aromatic carbocycles. The third kappa shape index (κ3) is 2.01. The Morgan fingerprint density at radius 3 is 2.93 bits per heavy atom. The van der Waals surface area contributed by atoms with Gasteiger partial charge in [-0.1, -0.05) is 0 Å². The van der Waals surface area contributed by atoms with Crippen LogP contribution < -0.4 is 10.1 Å². The fraction of sp³-hybridized carbons (Fsp3) is 0.636. The fourth-order valence-corrected chi connectivity index (χ4v) is 3.32. The quantitative estimate of drug-likeness (QED) is 0.822. The number of hydrogen-bond acceptors (Lipinski definition) is 3. The van der Waals surface area contributed by atoms with Gasteiger partial charge in [-0.3, -0.25) is 0 Å². The average Bonchev–Trinajstić information content (AvgIpc) is 2.95. The summed E-state index contributed by atoms with van der Waals surface area (Å²) in [4.78, 5) is 2.88. The summed E-state index contributed by atoms with van der Waals surface area (Å²) >= 11 is 1.91. The first-order chi connectivity index (χ1) is 6.86. The molecule has 84 valence electrons. The summed E-state index contributed by atoms with van der Waals surface area (Å²) in [5.41, 5.74) is 1.52. The molecule has 1 aromatic heterocycles. The average molecular weight is 246 g/mol. The number of rotatable bonds is 1. The lowest BCUT2D eigenvalue weighted by Gasteiger charge is -2.05. The Bertz CT molecular complexity index is 360. The predicted octanol–water partition coefficient (Wildman–Crippen LogP) is 2.84. The van der Waals surface area contributed by atoms with Gasteiger partial charge in [-0.15, -0.1) is 23.7 Å². The van der Waals surface area contributed by atoms with E-state index < -0.39 is 0 Å². The van der Waals surface area contributed by atoms with Gasteiger partial charge in [-0.2, -0.15) is 0 Å². The van der Waals surface area contributed by atoms with Gasteiger partial charge >= 0.3 is 0 Å². The molecular weight excluding hydrogens is 230 g/mol. The topological polar surface area (TPSA) is 21.3 Å². The van der Waals surface area contributed by atoms with Crippen molar-refractivity contribution in [2.24, 2.45) is 0 Å². The SMILES string of the molecule is Cc1sc2c(c1C1CC1)OCCNC2.Cl. The van der Waals surface area contributed by atoms with Gasteiger partial charge in [0.05, 0.1) is 4.88 Å². The molecule has 1 fully saturated rings. The Labute approximate surface area is 100 Å². The van der Waals surface area contributed by atoms with Crippen LogP contribution in [0.2, 0.25) is 0 Å². The van der Waals surface area contributed by atoms with Crippen LogP contribution in [0.25, 0.3) is 0 Å². The highest BCUT2D eigenvalue weighted by Crippen LogP contribution is 2.50. The monoisotopic (exact) mass is 245 g/mol. The summed E-state index contributed by atoms with van der Waals surface area (Å²) in [7, 11) is 0. The smallest absolute Gasteiger partial charge is 0.138 e. The standard InChI is InChI=1S/C11H15NOS.ClH/c1-7-10(8-2-3-8)11-9(14-7)6-12-4-5-13-11;/h8,12H,2-6H2,1H3;1H. The van der Waals surface area contributed by atoms with E-state index in [9.17, 15) is 0 Å². The van der Waals surface area contributed by atoms with Crippen molar-refractivity contribution in [1.29, 1.82) is 0 Å². The van der Waals surface area contributed by atoms with Gasteiger partial charge in [0.25, 0.3) is 0 Å². The Morgan fingerprint density at radius 1 is 1.40 bits per heavy atom. The minimum absolute atomic E-state index is 0. The minimum atomic E-state index is 0. The molecule has 2 nitrogen and oxygen atoms in total. The van der Waals surface area contributed by atoms with Crippen LogP contribution in [0.4, 0.5) is 0 Å². The highest BCUT2D eigenvalue weighted by molar-refractivity contribution is 7.12. The molecule has 1 aliphatic carbocycles. The number of ether oxygens (including phenoxy) is 1. The molecular formula is C11H16ClNOS. The van der Waals surface area contributed by atoms with E-state index in [2.05, 4.69) is 12.2 Å². The molecule has 0 radical (unpaired) electrons. The van der Waals surface area contributed by atoms with Gasteiger partial charge in [-0.05, 0) is 25.7 Å². The van der Waals surface area contributed by atoms with E-state index >= 15 is 0 Å². The summed E-state index contributed by atoms with van der Waals surface area (Å²) in [6.07, 6.45) is 2.72. The second-order valence-electron chi connectivity index (χ2n) is 4.12. The van der Waals surface area contributed by atoms with Crippen LogP contribution in [-0.4, -0.2) is 13.2 Å². The molecule has 0 amide bonds. The molecule has 0 unspecified atom stereocenters. The van der Waals surface area contributed by atoms with E-state index in [1.165, 1.54) is 33.9 Å². The second kappa shape index (κ2) is 4.32. The molecule has 1 aromatic rings. The van der Waals surface area contributed by atoms with Gasteiger partial charge in [0.2, 0.25) is 0 Å². The molecule has 2 aliphatic rings. The van der Waals surface area contributed by atoms with E-state index in [1.54, 1.807) is 0 Å². The Morgan fingerprint density at radius 2 is 2.20 bits per heavy atom. The third-order valence-corrected chi connectivity index (χ3v) is 4.05. The van der Waals surface area contributed by atoms with E-state index in [0.717, 1.165) is 25.6 Å².